The van der Waals surface area contributed by atoms with Gasteiger partial charge in [0.25, 0.3) is 0 Å². The quantitative estimate of drug-likeness (QED) is 0.912. The molecule has 0 unspecified atom stereocenters. The topological polar surface area (TPSA) is 28.2 Å². The molecule has 102 valence electrons. The van der Waals surface area contributed by atoms with Crippen molar-refractivity contribution in [3.05, 3.63) is 46.2 Å². The van der Waals surface area contributed by atoms with Gasteiger partial charge in [0, 0.05) is 25.0 Å². The van der Waals surface area contributed by atoms with E-state index in [2.05, 4.69) is 15.2 Å². The summed E-state index contributed by atoms with van der Waals surface area (Å²) >= 11 is 1.69. The van der Waals surface area contributed by atoms with E-state index in [4.69, 9.17) is 0 Å². The van der Waals surface area contributed by atoms with Gasteiger partial charge in [0.2, 0.25) is 0 Å². The van der Waals surface area contributed by atoms with E-state index in [1.54, 1.807) is 23.5 Å². The van der Waals surface area contributed by atoms with Crippen LogP contribution in [0.5, 0.6) is 0 Å². The third-order valence-corrected chi connectivity index (χ3v) is 4.15. The summed E-state index contributed by atoms with van der Waals surface area (Å²) in [7, 11) is 3.94. The molecule has 0 aliphatic carbocycles. The van der Waals surface area contributed by atoms with Gasteiger partial charge in [-0.15, -0.1) is 11.3 Å². The number of benzene rings is 1. The zero-order valence-corrected chi connectivity index (χ0v) is 12.2. The summed E-state index contributed by atoms with van der Waals surface area (Å²) in [5, 5.41) is 4.14. The van der Waals surface area contributed by atoms with Crippen molar-refractivity contribution >= 4 is 16.5 Å². The molecule has 1 aromatic carbocycles. The van der Waals surface area contributed by atoms with Crippen molar-refractivity contribution in [2.45, 2.75) is 20.0 Å². The average molecular weight is 279 g/mol. The lowest BCUT2D eigenvalue weighted by Crippen LogP contribution is -2.16. The molecule has 0 saturated heterocycles. The molecule has 0 aliphatic rings. The molecule has 2 aromatic rings. The second-order valence-electron chi connectivity index (χ2n) is 4.52. The standard InChI is InChI=1S/C14H18FN3S/c1-10-13(8-16-2)19-14(17-10)18(3)9-11-4-6-12(15)7-5-11/h4-7,16H,8-9H2,1-3H3. The monoisotopic (exact) mass is 279 g/mol. The van der Waals surface area contributed by atoms with Gasteiger partial charge in [-0.25, -0.2) is 9.37 Å². The van der Waals surface area contributed by atoms with E-state index in [9.17, 15) is 4.39 Å². The molecule has 0 amide bonds. The molecule has 0 radical (unpaired) electrons. The van der Waals surface area contributed by atoms with E-state index < -0.39 is 0 Å². The Morgan fingerprint density at radius 1 is 1.32 bits per heavy atom. The van der Waals surface area contributed by atoms with Crippen LogP contribution in [-0.2, 0) is 13.1 Å². The molecule has 19 heavy (non-hydrogen) atoms. The number of nitrogens with zero attached hydrogens (tertiary/aromatic N) is 2. The van der Waals surface area contributed by atoms with Crippen LogP contribution in [0, 0.1) is 12.7 Å². The average Bonchev–Trinajstić information content (AvgIpc) is 2.75. The lowest BCUT2D eigenvalue weighted by molar-refractivity contribution is 0.627. The van der Waals surface area contributed by atoms with Gasteiger partial charge >= 0.3 is 0 Å². The predicted molar refractivity (Wildman–Crippen MR) is 78.1 cm³/mol. The summed E-state index contributed by atoms with van der Waals surface area (Å²) in [6.07, 6.45) is 0. The maximum Gasteiger partial charge on any atom is 0.185 e. The van der Waals surface area contributed by atoms with Gasteiger partial charge in [-0.05, 0) is 31.7 Å². The van der Waals surface area contributed by atoms with Crippen LogP contribution in [0.2, 0.25) is 0 Å². The second kappa shape index (κ2) is 6.12. The Bertz CT molecular complexity index is 536. The van der Waals surface area contributed by atoms with Gasteiger partial charge in [-0.1, -0.05) is 12.1 Å². The molecule has 0 atom stereocenters. The maximum absolute atomic E-state index is 12.9. The number of aryl methyl sites for hydroxylation is 1. The largest absolute Gasteiger partial charge is 0.347 e. The van der Waals surface area contributed by atoms with Crippen molar-refractivity contribution in [2.24, 2.45) is 0 Å². The molecule has 0 aliphatic heterocycles. The first-order valence-electron chi connectivity index (χ1n) is 6.16. The molecule has 0 bridgehead atoms. The van der Waals surface area contributed by atoms with Gasteiger partial charge in [0.1, 0.15) is 5.82 Å². The van der Waals surface area contributed by atoms with E-state index in [1.165, 1.54) is 17.0 Å². The Labute approximate surface area is 117 Å². The second-order valence-corrected chi connectivity index (χ2v) is 5.58. The highest BCUT2D eigenvalue weighted by Crippen LogP contribution is 2.26. The van der Waals surface area contributed by atoms with Crippen molar-refractivity contribution in [1.82, 2.24) is 10.3 Å². The molecule has 1 aromatic heterocycles. The number of halogens is 1. The number of rotatable bonds is 5. The lowest BCUT2D eigenvalue weighted by atomic mass is 10.2. The minimum absolute atomic E-state index is 0.201. The van der Waals surface area contributed by atoms with Crippen LogP contribution in [0.3, 0.4) is 0 Å². The van der Waals surface area contributed by atoms with Crippen LogP contribution in [-0.4, -0.2) is 19.1 Å². The number of anilines is 1. The molecule has 0 saturated carbocycles. The van der Waals surface area contributed by atoms with Gasteiger partial charge in [-0.2, -0.15) is 0 Å². The third-order valence-electron chi connectivity index (χ3n) is 2.88. The first-order chi connectivity index (χ1) is 9.10. The normalized spacial score (nSPS) is 10.7. The Balaban J connectivity index is 2.09. The Hall–Kier alpha value is -1.46. The molecule has 0 spiro atoms. The highest BCUT2D eigenvalue weighted by molar-refractivity contribution is 7.15. The van der Waals surface area contributed by atoms with Crippen LogP contribution in [0.15, 0.2) is 24.3 Å². The molecule has 3 nitrogen and oxygen atoms in total. The highest BCUT2D eigenvalue weighted by atomic mass is 32.1. The van der Waals surface area contributed by atoms with Gasteiger partial charge in [0.15, 0.2) is 5.13 Å². The predicted octanol–water partition coefficient (Wildman–Crippen LogP) is 2.95. The minimum Gasteiger partial charge on any atom is -0.347 e. The molecular weight excluding hydrogens is 261 g/mol. The van der Waals surface area contributed by atoms with Crippen molar-refractivity contribution < 1.29 is 4.39 Å². The first kappa shape index (κ1) is 14.0. The zero-order chi connectivity index (χ0) is 13.8. The molecule has 0 fully saturated rings. The van der Waals surface area contributed by atoms with E-state index in [0.717, 1.165) is 29.5 Å². The number of aromatic nitrogens is 1. The van der Waals surface area contributed by atoms with E-state index in [1.807, 2.05) is 21.0 Å². The molecule has 1 heterocycles. The molecule has 5 heteroatoms. The fourth-order valence-electron chi connectivity index (χ4n) is 1.83. The van der Waals surface area contributed by atoms with Crippen LogP contribution in [0.25, 0.3) is 0 Å². The fraction of sp³-hybridized carbons (Fsp3) is 0.357. The van der Waals surface area contributed by atoms with Crippen molar-refractivity contribution in [3.63, 3.8) is 0 Å². The first-order valence-corrected chi connectivity index (χ1v) is 6.98. The zero-order valence-electron chi connectivity index (χ0n) is 11.4. The molecule has 1 N–H and O–H groups in total. The van der Waals surface area contributed by atoms with Crippen LogP contribution in [0.1, 0.15) is 16.1 Å². The minimum atomic E-state index is -0.201. The van der Waals surface area contributed by atoms with Crippen molar-refractivity contribution in [1.29, 1.82) is 0 Å². The SMILES string of the molecule is CNCc1sc(N(C)Cc2ccc(F)cc2)nc1C. The summed E-state index contributed by atoms with van der Waals surface area (Å²) in [5.74, 6) is -0.201. The van der Waals surface area contributed by atoms with Crippen LogP contribution < -0.4 is 10.2 Å². The lowest BCUT2D eigenvalue weighted by Gasteiger charge is -2.15. The fourth-order valence-corrected chi connectivity index (χ4v) is 2.87. The summed E-state index contributed by atoms with van der Waals surface area (Å²) in [6.45, 7) is 3.60. The van der Waals surface area contributed by atoms with Gasteiger partial charge in [0.05, 0.1) is 5.69 Å². The van der Waals surface area contributed by atoms with Gasteiger partial charge in [-0.3, -0.25) is 0 Å². The Morgan fingerprint density at radius 2 is 2.00 bits per heavy atom. The Morgan fingerprint density at radius 3 is 2.63 bits per heavy atom. The smallest absolute Gasteiger partial charge is 0.185 e. The summed E-state index contributed by atoms with van der Waals surface area (Å²) in [6, 6.07) is 6.59. The van der Waals surface area contributed by atoms with E-state index in [0.29, 0.717) is 0 Å². The third kappa shape index (κ3) is 3.52. The number of nitrogens with one attached hydrogen (secondary N) is 1. The van der Waals surface area contributed by atoms with Crippen LogP contribution >= 0.6 is 11.3 Å². The number of hydrogen-bond donors (Lipinski definition) is 1. The molecular formula is C14H18FN3S. The summed E-state index contributed by atoms with van der Waals surface area (Å²) in [4.78, 5) is 7.91. The summed E-state index contributed by atoms with van der Waals surface area (Å²) in [5.41, 5.74) is 2.15. The maximum atomic E-state index is 12.9. The van der Waals surface area contributed by atoms with Crippen LogP contribution in [0.4, 0.5) is 9.52 Å². The van der Waals surface area contributed by atoms with Gasteiger partial charge < -0.3 is 10.2 Å². The van der Waals surface area contributed by atoms with Crippen molar-refractivity contribution in [3.8, 4) is 0 Å². The number of hydrogen-bond acceptors (Lipinski definition) is 4. The Kier molecular flexibility index (Phi) is 4.50. The summed E-state index contributed by atoms with van der Waals surface area (Å²) < 4.78 is 12.9. The van der Waals surface area contributed by atoms with E-state index in [-0.39, 0.29) is 5.82 Å². The number of thiazole rings is 1. The highest BCUT2D eigenvalue weighted by Gasteiger charge is 2.11. The molecule has 2 rings (SSSR count). The van der Waals surface area contributed by atoms with E-state index >= 15 is 0 Å². The van der Waals surface area contributed by atoms with Crippen molar-refractivity contribution in [2.75, 3.05) is 19.0 Å².